The molecule has 2 nitrogen and oxygen atoms in total. The monoisotopic (exact) mass is 256 g/mol. The predicted molar refractivity (Wildman–Crippen MR) is 59.2 cm³/mol. The molecule has 0 fully saturated rings. The van der Waals surface area contributed by atoms with Crippen molar-refractivity contribution in [1.29, 1.82) is 0 Å². The molecule has 0 N–H and O–H groups in total. The minimum atomic E-state index is -0.180. The Hall–Kier alpha value is -0.670. The van der Waals surface area contributed by atoms with Gasteiger partial charge in [0.1, 0.15) is 10.8 Å². The predicted octanol–water partition coefficient (Wildman–Crippen LogP) is 2.90. The molecule has 1 aromatic rings. The number of carbonyl (C=O) groups excluding carboxylic acids is 1. The first kappa shape index (κ1) is 11.4. The molecule has 1 aromatic carbocycles. The number of ether oxygens (including phenoxy) is 1. The summed E-state index contributed by atoms with van der Waals surface area (Å²) < 4.78 is 5.43. The quantitative estimate of drug-likeness (QED) is 0.758. The zero-order chi connectivity index (χ0) is 10.4. The Morgan fingerprint density at radius 1 is 1.43 bits per heavy atom. The molecule has 1 atom stereocenters. The normalized spacial score (nSPS) is 12.4. The van der Waals surface area contributed by atoms with Crippen LogP contribution >= 0.6 is 15.9 Å². The Morgan fingerprint density at radius 2 is 2.07 bits per heavy atom. The molecule has 0 saturated carbocycles. The van der Waals surface area contributed by atoms with Crippen LogP contribution in [0.3, 0.4) is 0 Å². The molecular weight excluding hydrogens is 244 g/mol. The second-order valence-electron chi connectivity index (χ2n) is 3.11. The highest BCUT2D eigenvalue weighted by Crippen LogP contribution is 2.11. The number of halogens is 1. The van der Waals surface area contributed by atoms with Gasteiger partial charge in [0.05, 0.1) is 6.61 Å². The van der Waals surface area contributed by atoms with E-state index in [0.717, 1.165) is 5.56 Å². The van der Waals surface area contributed by atoms with Crippen molar-refractivity contribution in [2.24, 2.45) is 0 Å². The van der Waals surface area contributed by atoms with Gasteiger partial charge in [-0.1, -0.05) is 46.3 Å². The van der Waals surface area contributed by atoms with E-state index in [9.17, 15) is 4.79 Å². The van der Waals surface area contributed by atoms with Crippen LogP contribution in [0.2, 0.25) is 0 Å². The molecule has 3 heteroatoms. The van der Waals surface area contributed by atoms with E-state index in [1.54, 1.807) is 6.92 Å². The number of alkyl halides is 1. The van der Waals surface area contributed by atoms with Crippen LogP contribution in [0.15, 0.2) is 30.3 Å². The molecule has 0 aromatic heterocycles. The molecule has 0 radical (unpaired) electrons. The minimum absolute atomic E-state index is 0.125. The van der Waals surface area contributed by atoms with Crippen LogP contribution in [0.1, 0.15) is 18.9 Å². The van der Waals surface area contributed by atoms with Crippen molar-refractivity contribution in [1.82, 2.24) is 0 Å². The van der Waals surface area contributed by atoms with Gasteiger partial charge in [0, 0.05) is 6.42 Å². The Morgan fingerprint density at radius 3 is 2.64 bits per heavy atom. The van der Waals surface area contributed by atoms with Crippen LogP contribution in [0, 0.1) is 0 Å². The number of hydrogen-bond donors (Lipinski definition) is 0. The van der Waals surface area contributed by atoms with Crippen LogP contribution < -0.4 is 0 Å². The Labute approximate surface area is 92.4 Å². The lowest BCUT2D eigenvalue weighted by Crippen LogP contribution is -2.08. The first-order valence-electron chi connectivity index (χ1n) is 4.47. The van der Waals surface area contributed by atoms with E-state index in [1.807, 2.05) is 30.3 Å². The summed E-state index contributed by atoms with van der Waals surface area (Å²) in [5.41, 5.74) is 1.11. The number of ketones is 1. The molecule has 1 rings (SSSR count). The van der Waals surface area contributed by atoms with E-state index in [-0.39, 0.29) is 10.8 Å². The van der Waals surface area contributed by atoms with Crippen molar-refractivity contribution >= 4 is 21.7 Å². The fourth-order valence-electron chi connectivity index (χ4n) is 1.05. The van der Waals surface area contributed by atoms with Gasteiger partial charge < -0.3 is 4.74 Å². The zero-order valence-electron chi connectivity index (χ0n) is 8.07. The molecule has 0 bridgehead atoms. The van der Waals surface area contributed by atoms with Crippen LogP contribution in [-0.2, 0) is 16.1 Å². The largest absolute Gasteiger partial charge is 0.362 e. The van der Waals surface area contributed by atoms with Crippen LogP contribution in [0.25, 0.3) is 0 Å². The van der Waals surface area contributed by atoms with Crippen molar-refractivity contribution in [3.63, 3.8) is 0 Å². The number of rotatable bonds is 5. The summed E-state index contributed by atoms with van der Waals surface area (Å²) in [6.07, 6.45) is 0.410. The van der Waals surface area contributed by atoms with E-state index in [1.165, 1.54) is 0 Å². The van der Waals surface area contributed by atoms with E-state index >= 15 is 0 Å². The lowest BCUT2D eigenvalue weighted by Gasteiger charge is -2.09. The third-order valence-corrected chi connectivity index (χ3v) is 2.31. The molecule has 0 aliphatic heterocycles. The Kier molecular flexibility index (Phi) is 4.84. The van der Waals surface area contributed by atoms with Gasteiger partial charge in [-0.2, -0.15) is 0 Å². The maximum atomic E-state index is 10.8. The molecule has 0 saturated heterocycles. The number of Topliss-reactive ketones (excluding diaryl/α,β-unsaturated/α-hetero) is 1. The number of benzene rings is 1. The zero-order valence-corrected chi connectivity index (χ0v) is 9.66. The number of hydrogen-bond acceptors (Lipinski definition) is 2. The summed E-state index contributed by atoms with van der Waals surface area (Å²) in [6, 6.07) is 9.88. The highest BCUT2D eigenvalue weighted by atomic mass is 79.9. The maximum absolute atomic E-state index is 10.8. The van der Waals surface area contributed by atoms with Crippen molar-refractivity contribution in [2.45, 2.75) is 25.0 Å². The molecular formula is C11H13BrO2. The fraction of sp³-hybridized carbons (Fsp3) is 0.364. The van der Waals surface area contributed by atoms with Gasteiger partial charge in [-0.25, -0.2) is 0 Å². The van der Waals surface area contributed by atoms with Crippen LogP contribution in [0.5, 0.6) is 0 Å². The third-order valence-electron chi connectivity index (χ3n) is 1.72. The second-order valence-corrected chi connectivity index (χ2v) is 4.13. The smallest absolute Gasteiger partial charge is 0.133 e. The average Bonchev–Trinajstić information content (AvgIpc) is 2.15. The molecule has 76 valence electrons. The first-order chi connectivity index (χ1) is 6.68. The molecule has 1 unspecified atom stereocenters. The van der Waals surface area contributed by atoms with Gasteiger partial charge >= 0.3 is 0 Å². The van der Waals surface area contributed by atoms with Crippen molar-refractivity contribution < 1.29 is 9.53 Å². The molecule has 0 amide bonds. The fourth-order valence-corrected chi connectivity index (χ4v) is 1.63. The summed E-state index contributed by atoms with van der Waals surface area (Å²) in [5.74, 6) is 0.125. The summed E-state index contributed by atoms with van der Waals surface area (Å²) in [4.78, 5) is 10.8. The molecule has 0 aliphatic rings. The third kappa shape index (κ3) is 4.53. The topological polar surface area (TPSA) is 26.3 Å². The van der Waals surface area contributed by atoms with Gasteiger partial charge in [-0.3, -0.25) is 4.79 Å². The van der Waals surface area contributed by atoms with Gasteiger partial charge in [0.15, 0.2) is 0 Å². The first-order valence-corrected chi connectivity index (χ1v) is 5.39. The summed E-state index contributed by atoms with van der Waals surface area (Å²) in [6.45, 7) is 2.09. The Balaban J connectivity index is 2.30. The van der Waals surface area contributed by atoms with Crippen LogP contribution in [-0.4, -0.2) is 10.8 Å². The van der Waals surface area contributed by atoms with E-state index < -0.39 is 0 Å². The van der Waals surface area contributed by atoms with Gasteiger partial charge in [0.2, 0.25) is 0 Å². The van der Waals surface area contributed by atoms with Crippen molar-refractivity contribution in [2.75, 3.05) is 0 Å². The summed E-state index contributed by atoms with van der Waals surface area (Å²) in [7, 11) is 0. The van der Waals surface area contributed by atoms with Gasteiger partial charge in [0.25, 0.3) is 0 Å². The highest BCUT2D eigenvalue weighted by Gasteiger charge is 2.06. The number of carbonyl (C=O) groups is 1. The van der Waals surface area contributed by atoms with Gasteiger partial charge in [-0.15, -0.1) is 0 Å². The van der Waals surface area contributed by atoms with E-state index in [0.29, 0.717) is 13.0 Å². The van der Waals surface area contributed by atoms with Crippen LogP contribution in [0.4, 0.5) is 0 Å². The van der Waals surface area contributed by atoms with Crippen molar-refractivity contribution in [3.05, 3.63) is 35.9 Å². The average molecular weight is 257 g/mol. The molecule has 0 spiro atoms. The maximum Gasteiger partial charge on any atom is 0.133 e. The second kappa shape index (κ2) is 5.94. The lowest BCUT2D eigenvalue weighted by atomic mass is 10.2. The Bertz CT molecular complexity index is 285. The molecule has 14 heavy (non-hydrogen) atoms. The SMILES string of the molecule is CC(=O)CC(Br)OCc1ccccc1. The van der Waals surface area contributed by atoms with E-state index in [2.05, 4.69) is 15.9 Å². The molecule has 0 aliphatic carbocycles. The standard InChI is InChI=1S/C11H13BrO2/c1-9(13)7-11(12)14-8-10-5-3-2-4-6-10/h2-6,11H,7-8H2,1H3. The molecule has 0 heterocycles. The van der Waals surface area contributed by atoms with E-state index in [4.69, 9.17) is 4.74 Å². The minimum Gasteiger partial charge on any atom is -0.362 e. The summed E-state index contributed by atoms with van der Waals surface area (Å²) >= 11 is 3.29. The summed E-state index contributed by atoms with van der Waals surface area (Å²) in [5, 5.41) is -0.180. The van der Waals surface area contributed by atoms with Gasteiger partial charge in [-0.05, 0) is 12.5 Å². The van der Waals surface area contributed by atoms with Crippen molar-refractivity contribution in [3.8, 4) is 0 Å². The highest BCUT2D eigenvalue weighted by molar-refractivity contribution is 9.09. The lowest BCUT2D eigenvalue weighted by molar-refractivity contribution is -0.118.